The zero-order valence-electron chi connectivity index (χ0n) is 17.7. The summed E-state index contributed by atoms with van der Waals surface area (Å²) in [6.45, 7) is 9.96. The van der Waals surface area contributed by atoms with Crippen molar-refractivity contribution in [3.05, 3.63) is 0 Å². The third-order valence-corrected chi connectivity index (χ3v) is 4.10. The molecule has 0 bridgehead atoms. The maximum atomic E-state index is 12.3. The van der Waals surface area contributed by atoms with Gasteiger partial charge in [-0.15, -0.1) is 0 Å². The number of ketones is 1. The number of carbonyl (C=O) groups excluding carboxylic acids is 4. The van der Waals surface area contributed by atoms with Crippen molar-refractivity contribution in [3.63, 3.8) is 0 Å². The Labute approximate surface area is 163 Å². The van der Waals surface area contributed by atoms with Gasteiger partial charge in [0.05, 0.1) is 6.04 Å². The molecular weight excluding hydrogens is 348 g/mol. The highest BCUT2D eigenvalue weighted by Gasteiger charge is 2.37. The number of nitrogens with one attached hydrogen (secondary N) is 1. The van der Waals surface area contributed by atoms with Crippen LogP contribution in [0, 0.1) is 5.92 Å². The van der Waals surface area contributed by atoms with Gasteiger partial charge in [0.25, 0.3) is 5.91 Å². The van der Waals surface area contributed by atoms with E-state index in [1.54, 1.807) is 0 Å². The SMILES string of the molecule is CC.CC.CC(=O)N1CCCC1C(=O)NC(CC1CC1)C(=O)C(N)=O.CN. The Morgan fingerprint density at radius 3 is 1.96 bits per heavy atom. The highest BCUT2D eigenvalue weighted by Crippen LogP contribution is 2.33. The second kappa shape index (κ2) is 15.1. The van der Waals surface area contributed by atoms with Crippen LogP contribution in [0.25, 0.3) is 0 Å². The van der Waals surface area contributed by atoms with Gasteiger partial charge in [-0.3, -0.25) is 19.2 Å². The molecule has 1 aliphatic heterocycles. The van der Waals surface area contributed by atoms with Crippen LogP contribution in [0.3, 0.4) is 0 Å². The first-order chi connectivity index (χ1) is 12.9. The zero-order chi connectivity index (χ0) is 21.6. The molecule has 0 radical (unpaired) electrons. The number of nitrogens with zero attached hydrogens (tertiary/aromatic N) is 1. The third kappa shape index (κ3) is 9.51. The van der Waals surface area contributed by atoms with Crippen LogP contribution < -0.4 is 16.8 Å². The van der Waals surface area contributed by atoms with E-state index >= 15 is 0 Å². The summed E-state index contributed by atoms with van der Waals surface area (Å²) in [4.78, 5) is 48.1. The summed E-state index contributed by atoms with van der Waals surface area (Å²) in [6.07, 6.45) is 3.78. The molecule has 5 N–H and O–H groups in total. The van der Waals surface area contributed by atoms with E-state index in [9.17, 15) is 19.2 Å². The topological polar surface area (TPSA) is 136 Å². The van der Waals surface area contributed by atoms with Crippen molar-refractivity contribution in [2.24, 2.45) is 17.4 Å². The van der Waals surface area contributed by atoms with E-state index in [2.05, 4.69) is 11.1 Å². The van der Waals surface area contributed by atoms with Gasteiger partial charge in [-0.05, 0) is 32.2 Å². The molecule has 2 fully saturated rings. The largest absolute Gasteiger partial charge is 0.363 e. The standard InChI is InChI=1S/C14H21N3O4.2C2H6.CH5N/c1-8(18)17-6-2-3-11(17)14(21)16-10(7-9-4-5-9)12(19)13(15)20;3*1-2/h9-11H,2-7H2,1H3,(H2,15,20)(H,16,21);2*1-2H3;2H2,1H3. The minimum atomic E-state index is -1.03. The monoisotopic (exact) mass is 386 g/mol. The smallest absolute Gasteiger partial charge is 0.287 e. The molecule has 8 nitrogen and oxygen atoms in total. The van der Waals surface area contributed by atoms with Crippen LogP contribution in [0.15, 0.2) is 0 Å². The number of Topliss-reactive ketones (excluding diaryl/α,β-unsaturated/α-hetero) is 1. The molecule has 2 aliphatic rings. The molecule has 0 spiro atoms. The minimum absolute atomic E-state index is 0.160. The minimum Gasteiger partial charge on any atom is -0.363 e. The van der Waals surface area contributed by atoms with E-state index in [1.807, 2.05) is 27.7 Å². The molecule has 2 unspecified atom stereocenters. The van der Waals surface area contributed by atoms with Crippen molar-refractivity contribution < 1.29 is 19.2 Å². The summed E-state index contributed by atoms with van der Waals surface area (Å²) in [5.41, 5.74) is 9.53. The van der Waals surface area contributed by atoms with Crippen LogP contribution in [0.2, 0.25) is 0 Å². The molecule has 1 saturated carbocycles. The lowest BCUT2D eigenvalue weighted by molar-refractivity contribution is -0.140. The summed E-state index contributed by atoms with van der Waals surface area (Å²) in [5, 5.41) is 2.61. The molecule has 2 atom stereocenters. The molecule has 0 aromatic heterocycles. The summed E-state index contributed by atoms with van der Waals surface area (Å²) in [5.74, 6) is -1.96. The first-order valence-corrected chi connectivity index (χ1v) is 9.89. The van der Waals surface area contributed by atoms with Crippen molar-refractivity contribution in [2.45, 2.75) is 78.8 Å². The van der Waals surface area contributed by atoms with Gasteiger partial charge in [0.15, 0.2) is 0 Å². The fourth-order valence-electron chi connectivity index (χ4n) is 2.77. The van der Waals surface area contributed by atoms with Crippen molar-refractivity contribution in [1.82, 2.24) is 10.2 Å². The predicted octanol–water partition coefficient (Wildman–Crippen LogP) is 0.964. The first kappa shape index (κ1) is 27.3. The van der Waals surface area contributed by atoms with Crippen molar-refractivity contribution in [2.75, 3.05) is 13.6 Å². The lowest BCUT2D eigenvalue weighted by Gasteiger charge is -2.24. The molecule has 0 aromatic carbocycles. The summed E-state index contributed by atoms with van der Waals surface area (Å²) in [7, 11) is 1.50. The third-order valence-electron chi connectivity index (χ3n) is 4.10. The molecule has 1 saturated heterocycles. The lowest BCUT2D eigenvalue weighted by atomic mass is 10.0. The lowest BCUT2D eigenvalue weighted by Crippen LogP contribution is -2.52. The van der Waals surface area contributed by atoms with Crippen LogP contribution in [0.4, 0.5) is 0 Å². The Balaban J connectivity index is 0. The number of primary amides is 1. The quantitative estimate of drug-likeness (QED) is 0.584. The first-order valence-electron chi connectivity index (χ1n) is 9.89. The van der Waals surface area contributed by atoms with Gasteiger partial charge in [0.2, 0.25) is 17.6 Å². The number of hydrogen-bond donors (Lipinski definition) is 3. The molecule has 3 amide bonds. The predicted molar refractivity (Wildman–Crippen MR) is 107 cm³/mol. The number of hydrogen-bond acceptors (Lipinski definition) is 5. The molecule has 2 rings (SSSR count). The maximum Gasteiger partial charge on any atom is 0.287 e. The Kier molecular flexibility index (Phi) is 15.3. The Morgan fingerprint density at radius 2 is 1.56 bits per heavy atom. The number of carbonyl (C=O) groups is 4. The maximum absolute atomic E-state index is 12.3. The second-order valence-electron chi connectivity index (χ2n) is 5.84. The average Bonchev–Trinajstić information content (AvgIpc) is 3.36. The normalized spacial score (nSPS) is 18.3. The van der Waals surface area contributed by atoms with Gasteiger partial charge >= 0.3 is 0 Å². The van der Waals surface area contributed by atoms with Crippen LogP contribution >= 0.6 is 0 Å². The second-order valence-corrected chi connectivity index (χ2v) is 5.84. The van der Waals surface area contributed by atoms with Crippen molar-refractivity contribution >= 4 is 23.5 Å². The van der Waals surface area contributed by atoms with E-state index in [1.165, 1.54) is 18.9 Å². The molecular formula is C19H38N4O4. The summed E-state index contributed by atoms with van der Waals surface area (Å²) in [6, 6.07) is -1.42. The molecule has 1 aliphatic carbocycles. The van der Waals surface area contributed by atoms with Gasteiger partial charge in [-0.25, -0.2) is 0 Å². The number of likely N-dealkylation sites (tertiary alicyclic amines) is 1. The summed E-state index contributed by atoms with van der Waals surface area (Å²) >= 11 is 0. The van der Waals surface area contributed by atoms with E-state index < -0.39 is 23.8 Å². The molecule has 158 valence electrons. The average molecular weight is 387 g/mol. The van der Waals surface area contributed by atoms with E-state index in [4.69, 9.17) is 5.73 Å². The van der Waals surface area contributed by atoms with E-state index in [0.29, 0.717) is 25.3 Å². The zero-order valence-corrected chi connectivity index (χ0v) is 17.7. The van der Waals surface area contributed by atoms with E-state index in [0.717, 1.165) is 19.3 Å². The van der Waals surface area contributed by atoms with E-state index in [-0.39, 0.29) is 11.8 Å². The Bertz CT molecular complexity index is 478. The van der Waals surface area contributed by atoms with Crippen LogP contribution in [0.5, 0.6) is 0 Å². The van der Waals surface area contributed by atoms with Gasteiger partial charge in [-0.2, -0.15) is 0 Å². The van der Waals surface area contributed by atoms with Gasteiger partial charge in [0.1, 0.15) is 6.04 Å². The van der Waals surface area contributed by atoms with Crippen molar-refractivity contribution in [3.8, 4) is 0 Å². The van der Waals surface area contributed by atoms with Gasteiger partial charge in [-0.1, -0.05) is 40.5 Å². The Morgan fingerprint density at radius 1 is 1.04 bits per heavy atom. The highest BCUT2D eigenvalue weighted by atomic mass is 16.2. The van der Waals surface area contributed by atoms with Crippen LogP contribution in [0.1, 0.15) is 66.7 Å². The fourth-order valence-corrected chi connectivity index (χ4v) is 2.77. The number of nitrogens with two attached hydrogens (primary N) is 2. The molecule has 8 heteroatoms. The molecule has 0 aromatic rings. The number of amides is 3. The van der Waals surface area contributed by atoms with Crippen LogP contribution in [-0.4, -0.2) is 54.1 Å². The molecule has 1 heterocycles. The van der Waals surface area contributed by atoms with Crippen molar-refractivity contribution in [1.29, 1.82) is 0 Å². The van der Waals surface area contributed by atoms with Gasteiger partial charge in [0, 0.05) is 13.5 Å². The summed E-state index contributed by atoms with van der Waals surface area (Å²) < 4.78 is 0. The fraction of sp³-hybridized carbons (Fsp3) is 0.789. The van der Waals surface area contributed by atoms with Gasteiger partial charge < -0.3 is 21.7 Å². The Hall–Kier alpha value is -1.96. The van der Waals surface area contributed by atoms with Crippen LogP contribution in [-0.2, 0) is 19.2 Å². The molecule has 27 heavy (non-hydrogen) atoms. The highest BCUT2D eigenvalue weighted by molar-refractivity contribution is 6.37. The number of rotatable bonds is 6.